The number of nitrogens with zero attached hydrogens (tertiary/aromatic N) is 2. The average molecular weight is 485 g/mol. The summed E-state index contributed by atoms with van der Waals surface area (Å²) in [5.41, 5.74) is 0.923. The van der Waals surface area contributed by atoms with Crippen LogP contribution in [0.15, 0.2) is 53.1 Å². The molecule has 1 aliphatic rings. The summed E-state index contributed by atoms with van der Waals surface area (Å²) in [4.78, 5) is 31.0. The molecule has 1 aromatic heterocycles. The number of Topliss-reactive ketones (excluding diaryl/α,β-unsaturated/α-hetero) is 1. The Bertz CT molecular complexity index is 982. The summed E-state index contributed by atoms with van der Waals surface area (Å²) in [5.74, 6) is -0.524. The molecule has 0 bridgehead atoms. The van der Waals surface area contributed by atoms with Crippen LogP contribution in [0.1, 0.15) is 67.7 Å². The van der Waals surface area contributed by atoms with Gasteiger partial charge in [0.2, 0.25) is 5.78 Å². The lowest BCUT2D eigenvalue weighted by molar-refractivity contribution is -0.129. The topological polar surface area (TPSA) is 70.1 Å². The summed E-state index contributed by atoms with van der Waals surface area (Å²) in [6.45, 7) is 10.2. The van der Waals surface area contributed by atoms with E-state index in [0.29, 0.717) is 23.8 Å². The number of rotatable bonds is 14. The number of ketones is 1. The molecule has 1 aliphatic heterocycles. The summed E-state index contributed by atoms with van der Waals surface area (Å²) < 4.78 is 5.94. The molecule has 0 spiro atoms. The van der Waals surface area contributed by atoms with E-state index in [2.05, 4.69) is 25.7 Å². The number of hydrogen-bond donors (Lipinski definition) is 1. The number of hydrogen-bond acceptors (Lipinski definition) is 6. The lowest BCUT2D eigenvalue weighted by atomic mass is 9.95. The Kier molecular flexibility index (Phi) is 9.72. The maximum Gasteiger partial charge on any atom is 0.290 e. The van der Waals surface area contributed by atoms with E-state index in [1.807, 2.05) is 29.6 Å². The Morgan fingerprint density at radius 2 is 1.91 bits per heavy atom. The molecule has 0 radical (unpaired) electrons. The SMILES string of the molecule is CCCCCOc1cccc(C2C(C(=O)c3cccs3)=C(O)C(=O)N2CCCN(CC)CC)c1. The number of benzene rings is 1. The van der Waals surface area contributed by atoms with Gasteiger partial charge >= 0.3 is 0 Å². The smallest absolute Gasteiger partial charge is 0.290 e. The number of aliphatic hydroxyl groups is 1. The average Bonchev–Trinajstić information content (AvgIpc) is 3.47. The molecule has 1 atom stereocenters. The maximum atomic E-state index is 13.4. The van der Waals surface area contributed by atoms with E-state index >= 15 is 0 Å². The molecule has 3 rings (SSSR count). The Labute approximate surface area is 206 Å². The van der Waals surface area contributed by atoms with E-state index in [0.717, 1.165) is 50.9 Å². The highest BCUT2D eigenvalue weighted by molar-refractivity contribution is 7.12. The third-order valence-corrected chi connectivity index (χ3v) is 7.12. The largest absolute Gasteiger partial charge is 0.503 e. The van der Waals surface area contributed by atoms with Crippen LogP contribution in [-0.4, -0.2) is 59.4 Å². The van der Waals surface area contributed by atoms with Crippen molar-refractivity contribution in [3.8, 4) is 5.75 Å². The zero-order chi connectivity index (χ0) is 24.5. The van der Waals surface area contributed by atoms with Crippen LogP contribution in [0, 0.1) is 0 Å². The molecule has 34 heavy (non-hydrogen) atoms. The van der Waals surface area contributed by atoms with Gasteiger partial charge in [0.25, 0.3) is 5.91 Å². The Morgan fingerprint density at radius 1 is 1.12 bits per heavy atom. The van der Waals surface area contributed by atoms with Crippen molar-refractivity contribution in [2.75, 3.05) is 32.8 Å². The van der Waals surface area contributed by atoms with Gasteiger partial charge < -0.3 is 19.6 Å². The van der Waals surface area contributed by atoms with Crippen LogP contribution in [0.25, 0.3) is 0 Å². The normalized spacial score (nSPS) is 16.1. The molecule has 6 nitrogen and oxygen atoms in total. The third kappa shape index (κ3) is 6.07. The second-order valence-electron chi connectivity index (χ2n) is 8.48. The predicted molar refractivity (Wildman–Crippen MR) is 137 cm³/mol. The van der Waals surface area contributed by atoms with E-state index in [1.165, 1.54) is 11.3 Å². The first kappa shape index (κ1) is 26.0. The van der Waals surface area contributed by atoms with Gasteiger partial charge in [0, 0.05) is 6.54 Å². The van der Waals surface area contributed by atoms with Gasteiger partial charge in [-0.2, -0.15) is 0 Å². The number of carbonyl (C=O) groups excluding carboxylic acids is 2. The lowest BCUT2D eigenvalue weighted by Gasteiger charge is -2.28. The van der Waals surface area contributed by atoms with Crippen molar-refractivity contribution in [3.05, 3.63) is 63.6 Å². The van der Waals surface area contributed by atoms with E-state index < -0.39 is 17.7 Å². The molecule has 2 heterocycles. The van der Waals surface area contributed by atoms with Crippen molar-refractivity contribution < 1.29 is 19.4 Å². The molecule has 1 unspecified atom stereocenters. The number of aliphatic hydroxyl groups excluding tert-OH is 1. The van der Waals surface area contributed by atoms with E-state index in [1.54, 1.807) is 17.0 Å². The van der Waals surface area contributed by atoms with Crippen molar-refractivity contribution in [1.29, 1.82) is 0 Å². The number of ether oxygens (including phenoxy) is 1. The molecule has 1 N–H and O–H groups in total. The fourth-order valence-corrected chi connectivity index (χ4v) is 5.00. The van der Waals surface area contributed by atoms with Crippen molar-refractivity contribution in [1.82, 2.24) is 9.80 Å². The summed E-state index contributed by atoms with van der Waals surface area (Å²) >= 11 is 1.31. The quantitative estimate of drug-likeness (QED) is 0.278. The third-order valence-electron chi connectivity index (χ3n) is 6.25. The molecule has 0 fully saturated rings. The fraction of sp³-hybridized carbons (Fsp3) is 0.481. The molecule has 2 aromatic rings. The standard InChI is InChI=1S/C27H36N2O4S/c1-4-7-8-17-33-21-13-9-12-20(19-21)24-23(25(30)22-14-10-18-34-22)26(31)27(32)29(24)16-11-15-28(5-2)6-3/h9-10,12-14,18-19,24,31H,4-8,11,15-17H2,1-3H3. The van der Waals surface area contributed by atoms with E-state index in [-0.39, 0.29) is 11.4 Å². The van der Waals surface area contributed by atoms with Crippen LogP contribution >= 0.6 is 11.3 Å². The molecule has 0 aliphatic carbocycles. The minimum atomic E-state index is -0.641. The lowest BCUT2D eigenvalue weighted by Crippen LogP contribution is -2.34. The Balaban J connectivity index is 1.89. The van der Waals surface area contributed by atoms with Crippen LogP contribution in [-0.2, 0) is 4.79 Å². The minimum absolute atomic E-state index is 0.151. The summed E-state index contributed by atoms with van der Waals surface area (Å²) in [7, 11) is 0. The maximum absolute atomic E-state index is 13.4. The number of thiophene rings is 1. The highest BCUT2D eigenvalue weighted by Gasteiger charge is 2.43. The monoisotopic (exact) mass is 484 g/mol. The second-order valence-corrected chi connectivity index (χ2v) is 9.43. The van der Waals surface area contributed by atoms with Crippen molar-refractivity contribution >= 4 is 23.0 Å². The van der Waals surface area contributed by atoms with Crippen LogP contribution < -0.4 is 4.74 Å². The first-order chi connectivity index (χ1) is 16.5. The fourth-order valence-electron chi connectivity index (χ4n) is 4.32. The molecule has 0 saturated carbocycles. The van der Waals surface area contributed by atoms with Crippen molar-refractivity contribution in [3.63, 3.8) is 0 Å². The summed E-state index contributed by atoms with van der Waals surface area (Å²) in [6, 6.07) is 10.4. The van der Waals surface area contributed by atoms with Gasteiger partial charge in [-0.25, -0.2) is 0 Å². The van der Waals surface area contributed by atoms with Gasteiger partial charge in [0.05, 0.1) is 23.1 Å². The first-order valence-electron chi connectivity index (χ1n) is 12.3. The molecule has 0 saturated heterocycles. The van der Waals surface area contributed by atoms with Gasteiger partial charge in [-0.1, -0.05) is 51.8 Å². The summed E-state index contributed by atoms with van der Waals surface area (Å²) in [6.07, 6.45) is 3.95. The first-order valence-corrected chi connectivity index (χ1v) is 13.2. The Morgan fingerprint density at radius 3 is 2.59 bits per heavy atom. The minimum Gasteiger partial charge on any atom is -0.503 e. The van der Waals surface area contributed by atoms with Gasteiger partial charge in [-0.3, -0.25) is 9.59 Å². The van der Waals surface area contributed by atoms with Crippen LogP contribution in [0.5, 0.6) is 5.75 Å². The molecule has 1 amide bonds. The van der Waals surface area contributed by atoms with E-state index in [4.69, 9.17) is 4.74 Å². The number of unbranched alkanes of at least 4 members (excludes halogenated alkanes) is 2. The second kappa shape index (κ2) is 12.7. The molecular formula is C27H36N2O4S. The van der Waals surface area contributed by atoms with Crippen molar-refractivity contribution in [2.24, 2.45) is 0 Å². The zero-order valence-corrected chi connectivity index (χ0v) is 21.3. The van der Waals surface area contributed by atoms with Gasteiger partial charge in [0.15, 0.2) is 5.76 Å². The van der Waals surface area contributed by atoms with Crippen LogP contribution in [0.3, 0.4) is 0 Å². The molecule has 1 aromatic carbocycles. The zero-order valence-electron chi connectivity index (χ0n) is 20.5. The molecule has 7 heteroatoms. The highest BCUT2D eigenvalue weighted by Crippen LogP contribution is 2.40. The van der Waals surface area contributed by atoms with Gasteiger partial charge in [-0.05, 0) is 61.6 Å². The van der Waals surface area contributed by atoms with Crippen LogP contribution in [0.4, 0.5) is 0 Å². The Hall–Kier alpha value is -2.64. The van der Waals surface area contributed by atoms with Gasteiger partial charge in [0.1, 0.15) is 5.75 Å². The van der Waals surface area contributed by atoms with E-state index in [9.17, 15) is 14.7 Å². The number of amides is 1. The molecule has 184 valence electrons. The van der Waals surface area contributed by atoms with Gasteiger partial charge in [-0.15, -0.1) is 11.3 Å². The van der Waals surface area contributed by atoms with Crippen LogP contribution in [0.2, 0.25) is 0 Å². The van der Waals surface area contributed by atoms with Crippen molar-refractivity contribution in [2.45, 2.75) is 52.5 Å². The number of carbonyl (C=O) groups is 2. The molecular weight excluding hydrogens is 448 g/mol. The highest BCUT2D eigenvalue weighted by atomic mass is 32.1. The summed E-state index contributed by atoms with van der Waals surface area (Å²) in [5, 5.41) is 12.7. The predicted octanol–water partition coefficient (Wildman–Crippen LogP) is 5.63.